The van der Waals surface area contributed by atoms with Crippen LogP contribution < -0.4 is 10.6 Å². The number of amidine groups is 1. The molecule has 0 saturated heterocycles. The molecule has 0 saturated carbocycles. The van der Waals surface area contributed by atoms with Crippen molar-refractivity contribution < 1.29 is 9.90 Å². The van der Waals surface area contributed by atoms with Crippen LogP contribution in [0.25, 0.3) is 0 Å². The monoisotopic (exact) mass is 375 g/mol. The Morgan fingerprint density at radius 1 is 1.32 bits per heavy atom. The number of hydrogen-bond donors (Lipinski definition) is 3. The van der Waals surface area contributed by atoms with Gasteiger partial charge in [-0.1, -0.05) is 13.8 Å². The quantitative estimate of drug-likeness (QED) is 0.644. The molecule has 1 amide bonds. The number of thioether (sulfide) groups is 1. The Balaban J connectivity index is 1.65. The van der Waals surface area contributed by atoms with Crippen molar-refractivity contribution in [3.63, 3.8) is 0 Å². The number of carbonyl (C=O) groups is 1. The highest BCUT2D eigenvalue weighted by atomic mass is 32.2. The summed E-state index contributed by atoms with van der Waals surface area (Å²) < 4.78 is 0. The van der Waals surface area contributed by atoms with Crippen molar-refractivity contribution in [2.75, 3.05) is 16.4 Å². The van der Waals surface area contributed by atoms with Crippen molar-refractivity contribution in [1.29, 1.82) is 0 Å². The van der Waals surface area contributed by atoms with Crippen molar-refractivity contribution in [3.05, 3.63) is 40.8 Å². The Morgan fingerprint density at radius 2 is 2.08 bits per heavy atom. The molecule has 3 N–H and O–H groups in total. The number of amides is 1. The Kier molecular flexibility index (Phi) is 5.65. The van der Waals surface area contributed by atoms with Gasteiger partial charge in [0.15, 0.2) is 0 Å². The van der Waals surface area contributed by atoms with Crippen LogP contribution in [0.3, 0.4) is 0 Å². The van der Waals surface area contributed by atoms with Gasteiger partial charge in [-0.05, 0) is 36.8 Å². The van der Waals surface area contributed by atoms with Crippen LogP contribution in [0.5, 0.6) is 5.75 Å². The van der Waals surface area contributed by atoms with Gasteiger partial charge >= 0.3 is 0 Å². The minimum Gasteiger partial charge on any atom is -0.508 e. The van der Waals surface area contributed by atoms with Gasteiger partial charge in [-0.2, -0.15) is 0 Å². The number of hydrogen-bond acceptors (Lipinski definition) is 6. The standard InChI is InChI=1S/C18H21N3O2S2/c1-3-13-9-14-17(20-15(4-2)21-18(14)25-13)24-10-16(23)19-11-5-7-12(22)8-6-11/h5-9,17,22H,3-4,10H2,1-2H3,(H,19,23)(H,20,21). The third kappa shape index (κ3) is 4.35. The van der Waals surface area contributed by atoms with Crippen LogP contribution in [-0.4, -0.2) is 22.6 Å². The van der Waals surface area contributed by atoms with E-state index in [1.165, 1.54) is 22.2 Å². The predicted octanol–water partition coefficient (Wildman–Crippen LogP) is 4.62. The van der Waals surface area contributed by atoms with E-state index in [9.17, 15) is 9.90 Å². The van der Waals surface area contributed by atoms with Gasteiger partial charge in [0, 0.05) is 22.5 Å². The average Bonchev–Trinajstić information content (AvgIpc) is 3.04. The van der Waals surface area contributed by atoms with Gasteiger partial charge in [-0.15, -0.1) is 23.1 Å². The third-order valence-electron chi connectivity index (χ3n) is 3.82. The summed E-state index contributed by atoms with van der Waals surface area (Å²) in [4.78, 5) is 18.3. The van der Waals surface area contributed by atoms with Gasteiger partial charge in [-0.3, -0.25) is 9.79 Å². The smallest absolute Gasteiger partial charge is 0.234 e. The Labute approximate surface area is 155 Å². The van der Waals surface area contributed by atoms with E-state index in [1.807, 2.05) is 0 Å². The summed E-state index contributed by atoms with van der Waals surface area (Å²) in [7, 11) is 0. The molecule has 0 aliphatic carbocycles. The number of anilines is 2. The van der Waals surface area contributed by atoms with Crippen LogP contribution in [0, 0.1) is 0 Å². The lowest BCUT2D eigenvalue weighted by atomic mass is 10.2. The molecule has 132 valence electrons. The van der Waals surface area contributed by atoms with Crippen LogP contribution in [0.1, 0.15) is 36.1 Å². The van der Waals surface area contributed by atoms with E-state index in [-0.39, 0.29) is 17.0 Å². The van der Waals surface area contributed by atoms with Crippen molar-refractivity contribution >= 4 is 45.5 Å². The minimum absolute atomic E-state index is 0.0479. The molecule has 0 radical (unpaired) electrons. The molecular weight excluding hydrogens is 354 g/mol. The number of aryl methyl sites for hydroxylation is 1. The number of carbonyl (C=O) groups excluding carboxylic acids is 1. The summed E-state index contributed by atoms with van der Waals surface area (Å²) in [6.45, 7) is 4.22. The average molecular weight is 376 g/mol. The van der Waals surface area contributed by atoms with Crippen molar-refractivity contribution in [2.24, 2.45) is 4.99 Å². The second-order valence-corrected chi connectivity index (χ2v) is 7.87. The van der Waals surface area contributed by atoms with Crippen LogP contribution >= 0.6 is 23.1 Å². The van der Waals surface area contributed by atoms with Crippen molar-refractivity contribution in [2.45, 2.75) is 32.1 Å². The third-order valence-corrected chi connectivity index (χ3v) is 6.13. The second-order valence-electron chi connectivity index (χ2n) is 5.66. The maximum absolute atomic E-state index is 12.2. The number of phenolic OH excluding ortho intramolecular Hbond substituents is 1. The summed E-state index contributed by atoms with van der Waals surface area (Å²) >= 11 is 3.30. The number of rotatable bonds is 6. The van der Waals surface area contributed by atoms with Crippen LogP contribution in [0.2, 0.25) is 0 Å². The van der Waals surface area contributed by atoms with E-state index in [1.54, 1.807) is 35.6 Å². The molecule has 0 spiro atoms. The molecule has 7 heteroatoms. The highest BCUT2D eigenvalue weighted by Crippen LogP contribution is 2.43. The zero-order chi connectivity index (χ0) is 17.8. The first-order valence-electron chi connectivity index (χ1n) is 8.25. The lowest BCUT2D eigenvalue weighted by molar-refractivity contribution is -0.113. The number of aliphatic imine (C=N–C) groups is 1. The maximum atomic E-state index is 12.2. The zero-order valence-electron chi connectivity index (χ0n) is 14.2. The molecular formula is C18H21N3O2S2. The van der Waals surface area contributed by atoms with Gasteiger partial charge in [0.1, 0.15) is 22.0 Å². The lowest BCUT2D eigenvalue weighted by Crippen LogP contribution is -2.19. The molecule has 5 nitrogen and oxygen atoms in total. The molecule has 25 heavy (non-hydrogen) atoms. The minimum atomic E-state index is -0.0741. The number of benzene rings is 1. The molecule has 0 bridgehead atoms. The van der Waals surface area contributed by atoms with E-state index in [4.69, 9.17) is 4.99 Å². The maximum Gasteiger partial charge on any atom is 0.234 e. The molecule has 2 aromatic rings. The van der Waals surface area contributed by atoms with Gasteiger partial charge < -0.3 is 15.7 Å². The molecule has 2 heterocycles. The first kappa shape index (κ1) is 17.8. The molecule has 1 aliphatic heterocycles. The largest absolute Gasteiger partial charge is 0.508 e. The van der Waals surface area contributed by atoms with E-state index < -0.39 is 0 Å². The normalized spacial score (nSPS) is 15.9. The van der Waals surface area contributed by atoms with Gasteiger partial charge in [0.25, 0.3) is 0 Å². The van der Waals surface area contributed by atoms with Crippen molar-refractivity contribution in [3.8, 4) is 5.75 Å². The number of phenols is 1. The molecule has 1 atom stereocenters. The topological polar surface area (TPSA) is 73.7 Å². The van der Waals surface area contributed by atoms with E-state index in [0.29, 0.717) is 11.4 Å². The Hall–Kier alpha value is -1.99. The summed E-state index contributed by atoms with van der Waals surface area (Å²) in [6.07, 6.45) is 1.84. The first-order chi connectivity index (χ1) is 12.1. The molecule has 1 aromatic carbocycles. The summed E-state index contributed by atoms with van der Waals surface area (Å²) in [5, 5.41) is 16.6. The summed E-state index contributed by atoms with van der Waals surface area (Å²) in [5.41, 5.74) is 1.84. The molecule has 1 aliphatic rings. The van der Waals surface area contributed by atoms with Gasteiger partial charge in [0.2, 0.25) is 5.91 Å². The second kappa shape index (κ2) is 7.93. The number of thiophene rings is 1. The molecule has 3 rings (SSSR count). The number of nitrogens with one attached hydrogen (secondary N) is 2. The molecule has 0 fully saturated rings. The van der Waals surface area contributed by atoms with E-state index in [0.717, 1.165) is 23.7 Å². The Morgan fingerprint density at radius 3 is 2.76 bits per heavy atom. The fraction of sp³-hybridized carbons (Fsp3) is 0.333. The van der Waals surface area contributed by atoms with Gasteiger partial charge in [-0.25, -0.2) is 0 Å². The SMILES string of the molecule is CCC1=NC(SCC(=O)Nc2ccc(O)cc2)c2cc(CC)sc2N1. The van der Waals surface area contributed by atoms with Crippen LogP contribution in [0.15, 0.2) is 35.3 Å². The lowest BCUT2D eigenvalue weighted by Gasteiger charge is -2.21. The van der Waals surface area contributed by atoms with E-state index >= 15 is 0 Å². The highest BCUT2D eigenvalue weighted by molar-refractivity contribution is 8.00. The summed E-state index contributed by atoms with van der Waals surface area (Å²) in [6, 6.07) is 8.66. The Bertz CT molecular complexity index is 784. The molecule has 1 aromatic heterocycles. The number of nitrogens with zero attached hydrogens (tertiary/aromatic N) is 1. The van der Waals surface area contributed by atoms with Gasteiger partial charge in [0.05, 0.1) is 5.75 Å². The summed E-state index contributed by atoms with van der Waals surface area (Å²) in [5.74, 6) is 1.40. The highest BCUT2D eigenvalue weighted by Gasteiger charge is 2.24. The number of aromatic hydroxyl groups is 1. The molecule has 1 unspecified atom stereocenters. The predicted molar refractivity (Wildman–Crippen MR) is 107 cm³/mol. The first-order valence-corrected chi connectivity index (χ1v) is 10.1. The zero-order valence-corrected chi connectivity index (χ0v) is 15.8. The van der Waals surface area contributed by atoms with Crippen LogP contribution in [-0.2, 0) is 11.2 Å². The fourth-order valence-electron chi connectivity index (χ4n) is 2.49. The van der Waals surface area contributed by atoms with E-state index in [2.05, 4.69) is 30.5 Å². The van der Waals surface area contributed by atoms with Crippen molar-refractivity contribution in [1.82, 2.24) is 0 Å². The fourth-order valence-corrected chi connectivity index (χ4v) is 4.56. The number of fused-ring (bicyclic) bond motifs is 1. The van der Waals surface area contributed by atoms with Crippen LogP contribution in [0.4, 0.5) is 10.7 Å².